The quantitative estimate of drug-likeness (QED) is 0.838. The van der Waals surface area contributed by atoms with Crippen molar-refractivity contribution in [3.63, 3.8) is 0 Å². The van der Waals surface area contributed by atoms with Crippen LogP contribution in [0.2, 0.25) is 0 Å². The summed E-state index contributed by atoms with van der Waals surface area (Å²) in [5.74, 6) is 0.731. The van der Waals surface area contributed by atoms with Gasteiger partial charge in [-0.2, -0.15) is 0 Å². The molecule has 1 aliphatic rings. The minimum Gasteiger partial charge on any atom is -0.392 e. The number of benzene rings is 1. The number of aliphatic hydroxyl groups is 1. The lowest BCUT2D eigenvalue weighted by Crippen LogP contribution is -2.39. The molecule has 1 heterocycles. The van der Waals surface area contributed by atoms with Crippen molar-refractivity contribution in [2.24, 2.45) is 5.92 Å². The van der Waals surface area contributed by atoms with Gasteiger partial charge in [-0.3, -0.25) is 0 Å². The number of anilines is 1. The second kappa shape index (κ2) is 7.65. The third-order valence-electron chi connectivity index (χ3n) is 4.45. The highest BCUT2D eigenvalue weighted by Gasteiger charge is 2.23. The Morgan fingerprint density at radius 2 is 2.00 bits per heavy atom. The van der Waals surface area contributed by atoms with E-state index in [1.165, 1.54) is 38.9 Å². The highest BCUT2D eigenvalue weighted by Crippen LogP contribution is 2.24. The van der Waals surface area contributed by atoms with E-state index in [0.29, 0.717) is 6.04 Å². The molecule has 0 aromatic heterocycles. The van der Waals surface area contributed by atoms with E-state index >= 15 is 0 Å². The predicted octanol–water partition coefficient (Wildman–Crippen LogP) is 3.10. The van der Waals surface area contributed by atoms with Gasteiger partial charge >= 0.3 is 0 Å². The third-order valence-corrected chi connectivity index (χ3v) is 4.45. The van der Waals surface area contributed by atoms with Gasteiger partial charge in [0, 0.05) is 17.3 Å². The van der Waals surface area contributed by atoms with Crippen LogP contribution in [-0.4, -0.2) is 35.7 Å². The van der Waals surface area contributed by atoms with Gasteiger partial charge in [-0.15, -0.1) is 0 Å². The summed E-state index contributed by atoms with van der Waals surface area (Å²) in [4.78, 5) is 2.57. The fourth-order valence-corrected chi connectivity index (χ4v) is 3.15. The van der Waals surface area contributed by atoms with Gasteiger partial charge < -0.3 is 15.3 Å². The third kappa shape index (κ3) is 3.97. The summed E-state index contributed by atoms with van der Waals surface area (Å²) in [7, 11) is 0. The Balaban J connectivity index is 1.88. The molecule has 0 spiro atoms. The Kier molecular flexibility index (Phi) is 5.86. The number of hydrogen-bond acceptors (Lipinski definition) is 3. The second-order valence-corrected chi connectivity index (χ2v) is 5.93. The van der Waals surface area contributed by atoms with Crippen LogP contribution in [0.15, 0.2) is 24.3 Å². The molecule has 0 bridgehead atoms. The van der Waals surface area contributed by atoms with E-state index in [0.717, 1.165) is 17.2 Å². The van der Waals surface area contributed by atoms with Crippen molar-refractivity contribution in [2.45, 2.75) is 45.8 Å². The highest BCUT2D eigenvalue weighted by molar-refractivity contribution is 5.51. The number of nitrogens with one attached hydrogen (secondary N) is 1. The molecular weight excluding hydrogens is 248 g/mol. The smallest absolute Gasteiger partial charge is 0.0701 e. The molecule has 3 nitrogen and oxygen atoms in total. The molecule has 2 N–H and O–H groups in total. The fourth-order valence-electron chi connectivity index (χ4n) is 3.15. The molecule has 1 aromatic rings. The highest BCUT2D eigenvalue weighted by atomic mass is 16.3. The minimum atomic E-state index is 0.102. The zero-order chi connectivity index (χ0) is 14.4. The van der Waals surface area contributed by atoms with Crippen molar-refractivity contribution in [3.8, 4) is 0 Å². The molecule has 0 aliphatic carbocycles. The van der Waals surface area contributed by atoms with Crippen molar-refractivity contribution in [3.05, 3.63) is 29.8 Å². The van der Waals surface area contributed by atoms with E-state index in [4.69, 9.17) is 0 Å². The molecule has 0 radical (unpaired) electrons. The Hall–Kier alpha value is -1.06. The lowest BCUT2D eigenvalue weighted by Gasteiger charge is -2.35. The van der Waals surface area contributed by atoms with Crippen molar-refractivity contribution < 1.29 is 5.11 Å². The van der Waals surface area contributed by atoms with Gasteiger partial charge in [0.15, 0.2) is 0 Å². The van der Waals surface area contributed by atoms with Crippen LogP contribution in [0.25, 0.3) is 0 Å². The van der Waals surface area contributed by atoms with Crippen LogP contribution in [0.1, 0.15) is 38.7 Å². The van der Waals surface area contributed by atoms with E-state index in [1.54, 1.807) is 0 Å². The van der Waals surface area contributed by atoms with Gasteiger partial charge in [0.05, 0.1) is 6.61 Å². The summed E-state index contributed by atoms with van der Waals surface area (Å²) in [6.07, 6.45) is 3.80. The molecule has 1 aliphatic heterocycles. The van der Waals surface area contributed by atoms with Crippen molar-refractivity contribution in [1.82, 2.24) is 4.90 Å². The molecular formula is C17H28N2O. The summed E-state index contributed by atoms with van der Waals surface area (Å²) >= 11 is 0. The Morgan fingerprint density at radius 1 is 1.30 bits per heavy atom. The predicted molar refractivity (Wildman–Crippen MR) is 84.9 cm³/mol. The molecule has 1 fully saturated rings. The van der Waals surface area contributed by atoms with Gasteiger partial charge in [0.2, 0.25) is 0 Å². The van der Waals surface area contributed by atoms with Gasteiger partial charge in [-0.1, -0.05) is 25.1 Å². The standard InChI is InChI=1S/C17H28N2O/c1-3-10-19-11-8-15(9-12-19)14(2)18-17-7-5-4-6-16(17)13-20/h4-7,14-15,18,20H,3,8-13H2,1-2H3. The summed E-state index contributed by atoms with van der Waals surface area (Å²) in [5.41, 5.74) is 2.07. The molecule has 3 heteroatoms. The molecule has 1 saturated heterocycles. The molecule has 1 aromatic carbocycles. The Labute approximate surface area is 123 Å². The number of rotatable bonds is 6. The van der Waals surface area contributed by atoms with E-state index in [2.05, 4.69) is 30.1 Å². The van der Waals surface area contributed by atoms with Gasteiger partial charge in [0.25, 0.3) is 0 Å². The molecule has 0 saturated carbocycles. The monoisotopic (exact) mass is 276 g/mol. The van der Waals surface area contributed by atoms with Crippen LogP contribution in [0.4, 0.5) is 5.69 Å². The maximum Gasteiger partial charge on any atom is 0.0701 e. The van der Waals surface area contributed by atoms with Crippen LogP contribution in [0.5, 0.6) is 0 Å². The van der Waals surface area contributed by atoms with E-state index in [1.807, 2.05) is 18.2 Å². The molecule has 1 unspecified atom stereocenters. The maximum atomic E-state index is 9.39. The van der Waals surface area contributed by atoms with Crippen LogP contribution in [0.3, 0.4) is 0 Å². The summed E-state index contributed by atoms with van der Waals surface area (Å²) in [6, 6.07) is 8.52. The Bertz CT molecular complexity index is 400. The maximum absolute atomic E-state index is 9.39. The first-order chi connectivity index (χ1) is 9.74. The number of likely N-dealkylation sites (tertiary alicyclic amines) is 1. The number of hydrogen-bond donors (Lipinski definition) is 2. The largest absolute Gasteiger partial charge is 0.392 e. The van der Waals surface area contributed by atoms with Crippen LogP contribution >= 0.6 is 0 Å². The lowest BCUT2D eigenvalue weighted by molar-refractivity contribution is 0.176. The minimum absolute atomic E-state index is 0.102. The Morgan fingerprint density at radius 3 is 2.65 bits per heavy atom. The van der Waals surface area contributed by atoms with Crippen molar-refractivity contribution >= 4 is 5.69 Å². The first kappa shape index (κ1) is 15.3. The van der Waals surface area contributed by atoms with Crippen LogP contribution in [0, 0.1) is 5.92 Å². The topological polar surface area (TPSA) is 35.5 Å². The number of para-hydroxylation sites is 1. The first-order valence-electron chi connectivity index (χ1n) is 7.92. The zero-order valence-electron chi connectivity index (χ0n) is 12.8. The molecule has 20 heavy (non-hydrogen) atoms. The van der Waals surface area contributed by atoms with Crippen LogP contribution < -0.4 is 5.32 Å². The van der Waals surface area contributed by atoms with Gasteiger partial charge in [-0.05, 0) is 57.8 Å². The normalized spacial score (nSPS) is 18.9. The lowest BCUT2D eigenvalue weighted by atomic mass is 9.90. The number of piperidine rings is 1. The molecule has 1 atom stereocenters. The van der Waals surface area contributed by atoms with E-state index in [-0.39, 0.29) is 6.61 Å². The van der Waals surface area contributed by atoms with Gasteiger partial charge in [-0.25, -0.2) is 0 Å². The van der Waals surface area contributed by atoms with Crippen molar-refractivity contribution in [1.29, 1.82) is 0 Å². The summed E-state index contributed by atoms with van der Waals surface area (Å²) in [5, 5.41) is 13.0. The van der Waals surface area contributed by atoms with Gasteiger partial charge in [0.1, 0.15) is 0 Å². The fraction of sp³-hybridized carbons (Fsp3) is 0.647. The average molecular weight is 276 g/mol. The SMILES string of the molecule is CCCN1CCC(C(C)Nc2ccccc2CO)CC1. The molecule has 0 amide bonds. The second-order valence-electron chi connectivity index (χ2n) is 5.93. The molecule has 112 valence electrons. The summed E-state index contributed by atoms with van der Waals surface area (Å²) < 4.78 is 0. The van der Waals surface area contributed by atoms with Crippen LogP contribution in [-0.2, 0) is 6.61 Å². The zero-order valence-corrected chi connectivity index (χ0v) is 12.8. The summed E-state index contributed by atoms with van der Waals surface area (Å²) in [6.45, 7) is 8.32. The first-order valence-corrected chi connectivity index (χ1v) is 7.92. The van der Waals surface area contributed by atoms with E-state index in [9.17, 15) is 5.11 Å². The number of aliphatic hydroxyl groups excluding tert-OH is 1. The van der Waals surface area contributed by atoms with E-state index < -0.39 is 0 Å². The number of nitrogens with zero attached hydrogens (tertiary/aromatic N) is 1. The average Bonchev–Trinajstić information content (AvgIpc) is 2.49. The molecule has 2 rings (SSSR count). The van der Waals surface area contributed by atoms with Crippen molar-refractivity contribution in [2.75, 3.05) is 25.0 Å².